The van der Waals surface area contributed by atoms with E-state index in [4.69, 9.17) is 65.8 Å². The van der Waals surface area contributed by atoms with Crippen LogP contribution in [0.1, 0.15) is 12.8 Å². The Kier molecular flexibility index (Phi) is 22.6. The highest BCUT2D eigenvalue weighted by atomic mass is 35.6. The summed E-state index contributed by atoms with van der Waals surface area (Å²) in [5.74, 6) is 0. The molecule has 0 saturated carbocycles. The SMILES string of the molecule is C[Si](C)(Cl)O[Si](C)(C)O[Si](C)(C)O[Si](C)(C)CCCOCCOCCOCCOCCC[Si](C)(C)O[Si](C)(C)O[Si](C)(C)O[Si](C)(C)Cl. The molecule has 0 aromatic rings. The van der Waals surface area contributed by atoms with Crippen LogP contribution in [0, 0.1) is 0 Å². The van der Waals surface area contributed by atoms with Crippen LogP contribution in [0.4, 0.5) is 0 Å². The van der Waals surface area contributed by atoms with Crippen LogP contribution in [-0.2, 0) is 43.6 Å². The Morgan fingerprint density at radius 3 is 0.792 bits per heavy atom. The van der Waals surface area contributed by atoms with Gasteiger partial charge in [0.2, 0.25) is 0 Å². The molecule has 10 nitrogen and oxygen atoms in total. The lowest BCUT2D eigenvalue weighted by Gasteiger charge is -2.39. The Morgan fingerprint density at radius 2 is 0.542 bits per heavy atom. The summed E-state index contributed by atoms with van der Waals surface area (Å²) < 4.78 is 61.3. The highest BCUT2D eigenvalue weighted by Crippen LogP contribution is 2.28. The zero-order valence-corrected chi connectivity index (χ0v) is 42.8. The van der Waals surface area contributed by atoms with Gasteiger partial charge in [-0.05, 0) is 130 Å². The van der Waals surface area contributed by atoms with Gasteiger partial charge in [0.15, 0.2) is 16.6 Å². The van der Waals surface area contributed by atoms with Crippen molar-refractivity contribution in [1.82, 2.24) is 0 Å². The van der Waals surface area contributed by atoms with Crippen molar-refractivity contribution in [3.63, 3.8) is 0 Å². The monoisotopic (exact) mass is 862 g/mol. The van der Waals surface area contributed by atoms with Crippen LogP contribution in [0.3, 0.4) is 0 Å². The van der Waals surface area contributed by atoms with E-state index in [-0.39, 0.29) is 0 Å². The number of ether oxygens (including phenoxy) is 4. The maximum Gasteiger partial charge on any atom is 0.313 e. The lowest BCUT2D eigenvalue weighted by molar-refractivity contribution is -0.00173. The Hall–Kier alpha value is 1.92. The smallest absolute Gasteiger partial charge is 0.313 e. The van der Waals surface area contributed by atoms with Gasteiger partial charge < -0.3 is 43.6 Å². The number of hydrogen-bond acceptors (Lipinski definition) is 10. The molecule has 290 valence electrons. The summed E-state index contributed by atoms with van der Waals surface area (Å²) in [5, 5.41) is 0. The second kappa shape index (κ2) is 21.7. The standard InChI is InChI=1S/C28H72Cl2O10Si8/c1-41(2,35-45(9,10)39-47(13,14)37-43(5,6)29)27-17-19-31-21-23-33-25-26-34-24-22-32-20-18-28-42(3,4)36-46(11,12)40-48(15,16)38-44(7,8)30/h17-28H2,1-16H3. The first-order valence-electron chi connectivity index (χ1n) is 17.3. The third-order valence-electron chi connectivity index (χ3n) is 6.26. The molecule has 0 radical (unpaired) electrons. The number of hydrogen-bond donors (Lipinski definition) is 0. The summed E-state index contributed by atoms with van der Waals surface area (Å²) >= 11 is 12.8. The van der Waals surface area contributed by atoms with Gasteiger partial charge in [-0.3, -0.25) is 0 Å². The van der Waals surface area contributed by atoms with E-state index < -0.39 is 66.1 Å². The van der Waals surface area contributed by atoms with Gasteiger partial charge in [-0.25, -0.2) is 0 Å². The van der Waals surface area contributed by atoms with Gasteiger partial charge in [-0.15, -0.1) is 22.2 Å². The van der Waals surface area contributed by atoms with E-state index in [0.29, 0.717) is 52.9 Å². The van der Waals surface area contributed by atoms with Crippen molar-refractivity contribution >= 4 is 88.3 Å². The van der Waals surface area contributed by atoms with Gasteiger partial charge in [-0.2, -0.15) is 0 Å². The van der Waals surface area contributed by atoms with E-state index >= 15 is 0 Å². The average Bonchev–Trinajstić information content (AvgIpc) is 2.77. The molecule has 0 saturated heterocycles. The zero-order chi connectivity index (χ0) is 37.6. The predicted molar refractivity (Wildman–Crippen MR) is 220 cm³/mol. The first kappa shape index (κ1) is 49.9. The van der Waals surface area contributed by atoms with Crippen molar-refractivity contribution in [3.05, 3.63) is 0 Å². The molecular weight excluding hydrogens is 792 g/mol. The molecule has 0 heterocycles. The Labute approximate surface area is 312 Å². The molecule has 0 atom stereocenters. The second-order valence-corrected chi connectivity index (χ2v) is 51.2. The van der Waals surface area contributed by atoms with Gasteiger partial charge >= 0.3 is 34.2 Å². The molecule has 0 fully saturated rings. The number of halogens is 2. The van der Waals surface area contributed by atoms with E-state index in [9.17, 15) is 0 Å². The van der Waals surface area contributed by atoms with Gasteiger partial charge in [-0.1, -0.05) is 0 Å². The van der Waals surface area contributed by atoms with Crippen molar-refractivity contribution in [2.24, 2.45) is 0 Å². The molecule has 0 aromatic carbocycles. The molecule has 0 aliphatic heterocycles. The van der Waals surface area contributed by atoms with Crippen molar-refractivity contribution in [2.45, 2.75) is 130 Å². The van der Waals surface area contributed by atoms with E-state index in [1.807, 2.05) is 26.2 Å². The van der Waals surface area contributed by atoms with Crippen LogP contribution >= 0.6 is 22.2 Å². The summed E-state index contributed by atoms with van der Waals surface area (Å²) in [5.41, 5.74) is 0. The summed E-state index contributed by atoms with van der Waals surface area (Å²) in [6, 6.07) is 2.02. The predicted octanol–water partition coefficient (Wildman–Crippen LogP) is 9.03. The molecule has 48 heavy (non-hydrogen) atoms. The normalized spacial score (nSPS) is 14.6. The molecule has 0 unspecified atom stereocenters. The Bertz CT molecular complexity index is 819. The van der Waals surface area contributed by atoms with Gasteiger partial charge in [0.05, 0.1) is 39.6 Å². The summed E-state index contributed by atoms with van der Waals surface area (Å²) in [6.45, 7) is 38.3. The van der Waals surface area contributed by atoms with Gasteiger partial charge in [0.25, 0.3) is 15.3 Å². The largest absolute Gasteiger partial charge is 0.436 e. The van der Waals surface area contributed by atoms with Crippen LogP contribution < -0.4 is 0 Å². The highest BCUT2D eigenvalue weighted by Gasteiger charge is 2.44. The molecule has 0 N–H and O–H groups in total. The quantitative estimate of drug-likeness (QED) is 0.0412. The Balaban J connectivity index is 3.92. The van der Waals surface area contributed by atoms with Crippen molar-refractivity contribution in [3.8, 4) is 0 Å². The summed E-state index contributed by atoms with van der Waals surface area (Å²) in [7, 11) is -17.5. The van der Waals surface area contributed by atoms with E-state index in [0.717, 1.165) is 24.9 Å². The third-order valence-corrected chi connectivity index (χ3v) is 34.8. The number of rotatable bonds is 29. The highest BCUT2D eigenvalue weighted by molar-refractivity contribution is 7.18. The fourth-order valence-corrected chi connectivity index (χ4v) is 43.6. The molecular formula is C28H72Cl2O10Si8. The van der Waals surface area contributed by atoms with E-state index in [2.05, 4.69) is 78.6 Å². The van der Waals surface area contributed by atoms with Gasteiger partial charge in [0.1, 0.15) is 0 Å². The molecule has 0 aromatic heterocycles. The van der Waals surface area contributed by atoms with Crippen LogP contribution in [0.15, 0.2) is 0 Å². The third kappa shape index (κ3) is 30.4. The van der Waals surface area contributed by atoms with E-state index in [1.54, 1.807) is 0 Å². The minimum Gasteiger partial charge on any atom is -0.436 e. The molecule has 20 heteroatoms. The minimum absolute atomic E-state index is 0.539. The molecule has 0 amide bonds. The first-order valence-corrected chi connectivity index (χ1v) is 42.7. The zero-order valence-electron chi connectivity index (χ0n) is 33.3. The molecule has 0 bridgehead atoms. The Morgan fingerprint density at radius 1 is 0.312 bits per heavy atom. The lowest BCUT2D eigenvalue weighted by Crippen LogP contribution is -2.55. The molecule has 0 rings (SSSR count). The minimum atomic E-state index is -2.34. The van der Waals surface area contributed by atoms with Crippen LogP contribution in [0.2, 0.25) is 117 Å². The van der Waals surface area contributed by atoms with Crippen molar-refractivity contribution in [2.75, 3.05) is 52.9 Å². The van der Waals surface area contributed by atoms with Crippen LogP contribution in [0.25, 0.3) is 0 Å². The lowest BCUT2D eigenvalue weighted by atomic mass is 10.5. The average molecular weight is 864 g/mol. The van der Waals surface area contributed by atoms with Crippen LogP contribution in [0.5, 0.6) is 0 Å². The maximum absolute atomic E-state index is 6.62. The molecule has 0 aliphatic carbocycles. The van der Waals surface area contributed by atoms with Gasteiger partial charge in [0, 0.05) is 13.2 Å². The van der Waals surface area contributed by atoms with Crippen molar-refractivity contribution < 1.29 is 43.6 Å². The summed E-state index contributed by atoms with van der Waals surface area (Å²) in [4.78, 5) is 0. The summed E-state index contributed by atoms with van der Waals surface area (Å²) in [6.07, 6.45) is 1.91. The fraction of sp³-hybridized carbons (Fsp3) is 1.00. The maximum atomic E-state index is 6.62. The fourth-order valence-electron chi connectivity index (χ4n) is 5.83. The first-order chi connectivity index (χ1) is 21.4. The second-order valence-electron chi connectivity index (χ2n) is 16.1. The molecule has 0 aliphatic rings. The molecule has 0 spiro atoms. The van der Waals surface area contributed by atoms with Crippen LogP contribution in [-0.4, -0.2) is 119 Å². The van der Waals surface area contributed by atoms with Crippen molar-refractivity contribution in [1.29, 1.82) is 0 Å². The topological polar surface area (TPSA) is 92.3 Å². The van der Waals surface area contributed by atoms with E-state index in [1.165, 1.54) is 0 Å².